The van der Waals surface area contributed by atoms with Crippen molar-refractivity contribution in [2.45, 2.75) is 51.4 Å². The highest BCUT2D eigenvalue weighted by atomic mass is 16.7. The summed E-state index contributed by atoms with van der Waals surface area (Å²) in [5.74, 6) is -1.28. The minimum Gasteiger partial charge on any atom is -0.464 e. The molecule has 2 aliphatic heterocycles. The Kier molecular flexibility index (Phi) is 3.58. The summed E-state index contributed by atoms with van der Waals surface area (Å²) < 4.78 is 17.4. The van der Waals surface area contributed by atoms with E-state index in [0.29, 0.717) is 25.0 Å². The van der Waals surface area contributed by atoms with Crippen molar-refractivity contribution in [2.24, 2.45) is 34.0 Å². The molecule has 0 amide bonds. The van der Waals surface area contributed by atoms with Crippen LogP contribution in [-0.4, -0.2) is 49.6 Å². The van der Waals surface area contributed by atoms with E-state index in [1.54, 1.807) is 7.11 Å². The number of aliphatic hydroxyl groups is 1. The number of hydrogen-bond acceptors (Lipinski definition) is 6. The second-order valence-corrected chi connectivity index (χ2v) is 9.72. The number of Topliss-reactive ketones (excluding diaryl/α,β-unsaturated/α-hetero) is 1. The van der Waals surface area contributed by atoms with Gasteiger partial charge in [-0.3, -0.25) is 9.59 Å². The number of cyclic esters (lactones) is 1. The SMILES string of the molecule is C=C1C(=O)[C@]23C[C@H]1C[C@@H](O)[C@H]2[C@@]1(CCC[C@@]2(C)CO[C@H](OC)[C@H]21)COC3=O. The van der Waals surface area contributed by atoms with Gasteiger partial charge < -0.3 is 19.3 Å². The van der Waals surface area contributed by atoms with E-state index in [1.807, 2.05) is 0 Å². The number of carbonyl (C=O) groups excluding carboxylic acids is 2. The average molecular weight is 376 g/mol. The van der Waals surface area contributed by atoms with Gasteiger partial charge in [-0.05, 0) is 42.6 Å². The van der Waals surface area contributed by atoms with Gasteiger partial charge in [-0.2, -0.15) is 0 Å². The normalized spacial score (nSPS) is 54.0. The number of rotatable bonds is 1. The van der Waals surface area contributed by atoms with Gasteiger partial charge >= 0.3 is 5.97 Å². The molecule has 27 heavy (non-hydrogen) atoms. The number of methoxy groups -OCH3 is 1. The van der Waals surface area contributed by atoms with Crippen molar-refractivity contribution in [1.29, 1.82) is 0 Å². The highest BCUT2D eigenvalue weighted by molar-refractivity contribution is 6.15. The maximum Gasteiger partial charge on any atom is 0.320 e. The van der Waals surface area contributed by atoms with Crippen LogP contribution in [0.25, 0.3) is 0 Å². The largest absolute Gasteiger partial charge is 0.464 e. The van der Waals surface area contributed by atoms with Crippen LogP contribution in [0.15, 0.2) is 12.2 Å². The van der Waals surface area contributed by atoms with E-state index in [2.05, 4.69) is 13.5 Å². The summed E-state index contributed by atoms with van der Waals surface area (Å²) >= 11 is 0. The van der Waals surface area contributed by atoms with Crippen LogP contribution in [0.3, 0.4) is 0 Å². The van der Waals surface area contributed by atoms with Gasteiger partial charge in [0.1, 0.15) is 5.41 Å². The molecule has 5 fully saturated rings. The first-order valence-corrected chi connectivity index (χ1v) is 10.0. The molecule has 0 unspecified atom stereocenters. The van der Waals surface area contributed by atoms with Crippen LogP contribution in [-0.2, 0) is 23.8 Å². The number of esters is 1. The van der Waals surface area contributed by atoms with Crippen molar-refractivity contribution in [3.63, 3.8) is 0 Å². The van der Waals surface area contributed by atoms with Crippen molar-refractivity contribution in [3.8, 4) is 0 Å². The van der Waals surface area contributed by atoms with E-state index < -0.39 is 35.1 Å². The van der Waals surface area contributed by atoms with Crippen LogP contribution in [0, 0.1) is 34.0 Å². The van der Waals surface area contributed by atoms with Crippen LogP contribution in [0.5, 0.6) is 0 Å². The van der Waals surface area contributed by atoms with E-state index in [4.69, 9.17) is 14.2 Å². The van der Waals surface area contributed by atoms with Gasteiger partial charge in [-0.15, -0.1) is 0 Å². The van der Waals surface area contributed by atoms with Gasteiger partial charge in [0.25, 0.3) is 0 Å². The molecule has 2 saturated heterocycles. The highest BCUT2D eigenvalue weighted by Crippen LogP contribution is 2.69. The van der Waals surface area contributed by atoms with Crippen molar-refractivity contribution < 1.29 is 28.9 Å². The fourth-order valence-corrected chi connectivity index (χ4v) is 7.59. The molecule has 3 saturated carbocycles. The van der Waals surface area contributed by atoms with Gasteiger partial charge in [0.2, 0.25) is 0 Å². The van der Waals surface area contributed by atoms with E-state index in [-0.39, 0.29) is 29.6 Å². The lowest BCUT2D eigenvalue weighted by Crippen LogP contribution is -2.67. The Labute approximate surface area is 159 Å². The summed E-state index contributed by atoms with van der Waals surface area (Å²) in [4.78, 5) is 26.3. The quantitative estimate of drug-likeness (QED) is 0.427. The van der Waals surface area contributed by atoms with Crippen LogP contribution in [0.1, 0.15) is 39.0 Å². The third-order valence-electron chi connectivity index (χ3n) is 8.50. The van der Waals surface area contributed by atoms with Gasteiger partial charge in [-0.25, -0.2) is 0 Å². The van der Waals surface area contributed by atoms with Gasteiger partial charge in [0.05, 0.1) is 19.3 Å². The van der Waals surface area contributed by atoms with Crippen LogP contribution in [0.2, 0.25) is 0 Å². The zero-order valence-electron chi connectivity index (χ0n) is 16.0. The van der Waals surface area contributed by atoms with Crippen molar-refractivity contribution >= 4 is 11.8 Å². The molecule has 2 bridgehead atoms. The number of carbonyl (C=O) groups is 2. The summed E-state index contributed by atoms with van der Waals surface area (Å²) in [5, 5.41) is 11.2. The van der Waals surface area contributed by atoms with Crippen molar-refractivity contribution in [1.82, 2.24) is 0 Å². The average Bonchev–Trinajstić information content (AvgIpc) is 3.09. The Morgan fingerprint density at radius 2 is 2.00 bits per heavy atom. The summed E-state index contributed by atoms with van der Waals surface area (Å²) in [7, 11) is 1.64. The number of hydrogen-bond donors (Lipinski definition) is 1. The lowest BCUT2D eigenvalue weighted by atomic mass is 9.44. The number of aliphatic hydroxyl groups excluding tert-OH is 1. The smallest absolute Gasteiger partial charge is 0.320 e. The van der Waals surface area contributed by atoms with E-state index in [0.717, 1.165) is 19.3 Å². The molecule has 1 N–H and O–H groups in total. The molecule has 2 heterocycles. The van der Waals surface area contributed by atoms with Crippen molar-refractivity contribution in [2.75, 3.05) is 20.3 Å². The lowest BCUT2D eigenvalue weighted by molar-refractivity contribution is -0.244. The summed E-state index contributed by atoms with van der Waals surface area (Å²) in [5.41, 5.74) is -1.42. The van der Waals surface area contributed by atoms with E-state index >= 15 is 0 Å². The second kappa shape index (κ2) is 5.43. The molecule has 3 aliphatic carbocycles. The maximum absolute atomic E-state index is 13.3. The zero-order chi connectivity index (χ0) is 19.2. The molecule has 5 aliphatic rings. The molecular formula is C21H28O6. The predicted molar refractivity (Wildman–Crippen MR) is 94.4 cm³/mol. The molecule has 0 radical (unpaired) electrons. The summed E-state index contributed by atoms with van der Waals surface area (Å²) in [6.07, 6.45) is 2.56. The Morgan fingerprint density at radius 3 is 2.74 bits per heavy atom. The van der Waals surface area contributed by atoms with Gasteiger partial charge in [0.15, 0.2) is 12.1 Å². The Bertz CT molecular complexity index is 732. The molecule has 5 rings (SSSR count). The topological polar surface area (TPSA) is 82.1 Å². The number of allylic oxidation sites excluding steroid dienone is 1. The molecule has 0 aromatic carbocycles. The first-order valence-electron chi connectivity index (χ1n) is 10.0. The monoisotopic (exact) mass is 376 g/mol. The standard InChI is InChI=1S/C21H28O6/c1-11-12-7-13(22)14-20(10-27-18(24)21(14,8-12)16(11)23)6-4-5-19(2)9-26-17(25-3)15(19)20/h12-15,17,22H,1,4-10H2,2-3H3/t12-,13-,14+,15-,17+,19+,20-,21+/m1/s1. The summed E-state index contributed by atoms with van der Waals surface area (Å²) in [6.45, 7) is 6.98. The molecule has 8 atom stereocenters. The van der Waals surface area contributed by atoms with Crippen LogP contribution >= 0.6 is 0 Å². The highest BCUT2D eigenvalue weighted by Gasteiger charge is 2.76. The fraction of sp³-hybridized carbons (Fsp3) is 0.810. The maximum atomic E-state index is 13.3. The predicted octanol–water partition coefficient (Wildman–Crippen LogP) is 1.85. The van der Waals surface area contributed by atoms with Crippen LogP contribution in [0.4, 0.5) is 0 Å². The molecule has 2 spiro atoms. The number of ether oxygens (including phenoxy) is 3. The third kappa shape index (κ3) is 1.92. The molecule has 148 valence electrons. The molecular weight excluding hydrogens is 348 g/mol. The molecule has 6 nitrogen and oxygen atoms in total. The first kappa shape index (κ1) is 17.8. The Morgan fingerprint density at radius 1 is 1.22 bits per heavy atom. The zero-order valence-corrected chi connectivity index (χ0v) is 16.0. The van der Waals surface area contributed by atoms with Crippen molar-refractivity contribution in [3.05, 3.63) is 12.2 Å². The van der Waals surface area contributed by atoms with Crippen LogP contribution < -0.4 is 0 Å². The second-order valence-electron chi connectivity index (χ2n) is 9.72. The minimum absolute atomic E-state index is 0.0217. The molecule has 0 aromatic rings. The van der Waals surface area contributed by atoms with E-state index in [9.17, 15) is 14.7 Å². The van der Waals surface area contributed by atoms with Gasteiger partial charge in [0, 0.05) is 24.4 Å². The third-order valence-corrected chi connectivity index (χ3v) is 8.50. The molecule has 0 aromatic heterocycles. The number of ketones is 1. The number of fused-ring (bicyclic) bond motifs is 4. The van der Waals surface area contributed by atoms with E-state index in [1.165, 1.54) is 0 Å². The molecule has 6 heteroatoms. The summed E-state index contributed by atoms with van der Waals surface area (Å²) in [6, 6.07) is 0. The van der Waals surface area contributed by atoms with Gasteiger partial charge in [-0.1, -0.05) is 19.9 Å². The Hall–Kier alpha value is -1.24. The lowest BCUT2D eigenvalue weighted by Gasteiger charge is -2.61. The fourth-order valence-electron chi connectivity index (χ4n) is 7.59. The Balaban J connectivity index is 1.70. The minimum atomic E-state index is -1.28. The first-order chi connectivity index (χ1) is 12.8.